The molecule has 1 aliphatic heterocycles. The molecule has 7 heteroatoms. The van der Waals surface area contributed by atoms with Crippen LogP contribution in [0, 0.1) is 0 Å². The zero-order valence-corrected chi connectivity index (χ0v) is 16.8. The number of carbonyl (C=O) groups is 3. The summed E-state index contributed by atoms with van der Waals surface area (Å²) >= 11 is 1.50. The Balaban J connectivity index is 1.64. The lowest BCUT2D eigenvalue weighted by Crippen LogP contribution is -2.35. The maximum atomic E-state index is 12.7. The van der Waals surface area contributed by atoms with Crippen molar-refractivity contribution in [1.29, 1.82) is 0 Å². The molecule has 1 fully saturated rings. The van der Waals surface area contributed by atoms with Gasteiger partial charge in [-0.1, -0.05) is 12.1 Å². The first kappa shape index (κ1) is 20.1. The van der Waals surface area contributed by atoms with E-state index in [0.717, 1.165) is 30.8 Å². The third-order valence-corrected chi connectivity index (χ3v) is 5.68. The summed E-state index contributed by atoms with van der Waals surface area (Å²) in [6.07, 6.45) is 3.37. The number of hydrogen-bond acceptors (Lipinski definition) is 4. The number of amides is 3. The third-order valence-electron chi connectivity index (χ3n) is 4.69. The molecule has 1 saturated heterocycles. The van der Waals surface area contributed by atoms with Gasteiger partial charge >= 0.3 is 0 Å². The number of rotatable bonds is 6. The Labute approximate surface area is 168 Å². The summed E-state index contributed by atoms with van der Waals surface area (Å²) in [7, 11) is 0. The molecule has 2 aromatic rings. The first-order chi connectivity index (χ1) is 13.5. The number of hydrogen-bond donors (Lipinski definition) is 2. The van der Waals surface area contributed by atoms with Gasteiger partial charge in [0.05, 0.1) is 12.5 Å². The molecule has 2 heterocycles. The van der Waals surface area contributed by atoms with Crippen molar-refractivity contribution in [3.05, 3.63) is 52.2 Å². The van der Waals surface area contributed by atoms with Crippen molar-refractivity contribution in [2.24, 2.45) is 0 Å². The third kappa shape index (κ3) is 5.42. The summed E-state index contributed by atoms with van der Waals surface area (Å²) in [6, 6.07) is 10.5. The summed E-state index contributed by atoms with van der Waals surface area (Å²) in [5, 5.41) is 7.59. The van der Waals surface area contributed by atoms with Crippen LogP contribution in [-0.2, 0) is 9.59 Å². The number of piperidine rings is 1. The van der Waals surface area contributed by atoms with Gasteiger partial charge in [0, 0.05) is 36.1 Å². The Hall–Kier alpha value is -2.67. The molecular formula is C21H25N3O3S. The molecule has 28 heavy (non-hydrogen) atoms. The summed E-state index contributed by atoms with van der Waals surface area (Å²) in [5.41, 5.74) is 1.16. The Morgan fingerprint density at radius 1 is 1.11 bits per heavy atom. The van der Waals surface area contributed by atoms with E-state index < -0.39 is 0 Å². The molecule has 0 bridgehead atoms. The predicted octanol–water partition coefficient (Wildman–Crippen LogP) is 3.58. The first-order valence-electron chi connectivity index (χ1n) is 9.52. The average molecular weight is 400 g/mol. The Morgan fingerprint density at radius 2 is 1.89 bits per heavy atom. The van der Waals surface area contributed by atoms with Crippen LogP contribution in [0.1, 0.15) is 53.9 Å². The first-order valence-corrected chi connectivity index (χ1v) is 10.4. The van der Waals surface area contributed by atoms with E-state index in [1.165, 1.54) is 24.7 Å². The van der Waals surface area contributed by atoms with E-state index in [4.69, 9.17) is 0 Å². The van der Waals surface area contributed by atoms with E-state index in [1.807, 2.05) is 22.4 Å². The largest absolute Gasteiger partial charge is 0.348 e. The maximum Gasteiger partial charge on any atom is 0.253 e. The van der Waals surface area contributed by atoms with Gasteiger partial charge in [-0.2, -0.15) is 0 Å². The second kappa shape index (κ2) is 9.50. The van der Waals surface area contributed by atoms with Crippen molar-refractivity contribution < 1.29 is 14.4 Å². The predicted molar refractivity (Wildman–Crippen MR) is 110 cm³/mol. The molecule has 0 spiro atoms. The van der Waals surface area contributed by atoms with Gasteiger partial charge in [-0.05, 0) is 48.9 Å². The molecule has 3 rings (SSSR count). The van der Waals surface area contributed by atoms with Crippen molar-refractivity contribution in [3.8, 4) is 0 Å². The Bertz CT molecular complexity index is 829. The molecule has 148 valence electrons. The van der Waals surface area contributed by atoms with Gasteiger partial charge < -0.3 is 15.5 Å². The number of thiophene rings is 1. The second-order valence-electron chi connectivity index (χ2n) is 6.95. The lowest BCUT2D eigenvalue weighted by molar-refractivity contribution is -0.120. The minimum absolute atomic E-state index is 0.00510. The highest BCUT2D eigenvalue weighted by Crippen LogP contribution is 2.23. The van der Waals surface area contributed by atoms with Crippen LogP contribution in [-0.4, -0.2) is 35.7 Å². The van der Waals surface area contributed by atoms with Crippen molar-refractivity contribution in [1.82, 2.24) is 10.2 Å². The van der Waals surface area contributed by atoms with Gasteiger partial charge in [0.2, 0.25) is 11.8 Å². The zero-order valence-electron chi connectivity index (χ0n) is 15.9. The lowest BCUT2D eigenvalue weighted by atomic mass is 10.1. The number of nitrogens with one attached hydrogen (secondary N) is 2. The van der Waals surface area contributed by atoms with Crippen LogP contribution >= 0.6 is 11.3 Å². The van der Waals surface area contributed by atoms with Crippen molar-refractivity contribution in [2.75, 3.05) is 18.4 Å². The van der Waals surface area contributed by atoms with Crippen molar-refractivity contribution in [2.45, 2.75) is 38.6 Å². The normalized spacial score (nSPS) is 15.0. The molecule has 1 unspecified atom stereocenters. The topological polar surface area (TPSA) is 78.5 Å². The standard InChI is InChI=1S/C21H25N3O3S/c1-15(25)22-18(19-9-6-12-28-19)14-20(26)23-17-8-5-7-16(13-17)21(27)24-10-3-2-4-11-24/h5-9,12-13,18H,2-4,10-11,14H2,1H3,(H,22,25)(H,23,26). The fraction of sp³-hybridized carbons (Fsp3) is 0.381. The van der Waals surface area contributed by atoms with Crippen LogP contribution in [0.3, 0.4) is 0 Å². The van der Waals surface area contributed by atoms with Crippen molar-refractivity contribution in [3.63, 3.8) is 0 Å². The number of anilines is 1. The minimum Gasteiger partial charge on any atom is -0.348 e. The molecule has 0 aliphatic carbocycles. The minimum atomic E-state index is -0.365. The van der Waals surface area contributed by atoms with Gasteiger partial charge in [-0.25, -0.2) is 0 Å². The average Bonchev–Trinajstić information content (AvgIpc) is 3.22. The molecule has 1 aromatic heterocycles. The Kier molecular flexibility index (Phi) is 6.81. The van der Waals surface area contributed by atoms with Gasteiger partial charge in [0.1, 0.15) is 0 Å². The molecule has 0 radical (unpaired) electrons. The zero-order chi connectivity index (χ0) is 19.9. The molecule has 1 atom stereocenters. The van der Waals surface area contributed by atoms with Crippen LogP contribution in [0.25, 0.3) is 0 Å². The van der Waals surface area contributed by atoms with Crippen LogP contribution in [0.15, 0.2) is 41.8 Å². The summed E-state index contributed by atoms with van der Waals surface area (Å²) in [4.78, 5) is 39.5. The molecule has 1 aromatic carbocycles. The van der Waals surface area contributed by atoms with Crippen molar-refractivity contribution >= 4 is 34.7 Å². The van der Waals surface area contributed by atoms with Gasteiger partial charge in [-0.15, -0.1) is 11.3 Å². The monoisotopic (exact) mass is 399 g/mol. The van der Waals surface area contributed by atoms with Crippen LogP contribution < -0.4 is 10.6 Å². The van der Waals surface area contributed by atoms with Gasteiger partial charge in [-0.3, -0.25) is 14.4 Å². The fourth-order valence-corrected chi connectivity index (χ4v) is 4.14. The van der Waals surface area contributed by atoms with E-state index in [2.05, 4.69) is 10.6 Å². The Morgan fingerprint density at radius 3 is 2.57 bits per heavy atom. The number of benzene rings is 1. The quantitative estimate of drug-likeness (QED) is 0.779. The summed E-state index contributed by atoms with van der Waals surface area (Å²) < 4.78 is 0. The number of likely N-dealkylation sites (tertiary alicyclic amines) is 1. The highest BCUT2D eigenvalue weighted by molar-refractivity contribution is 7.10. The smallest absolute Gasteiger partial charge is 0.253 e. The van der Waals surface area contributed by atoms with E-state index in [0.29, 0.717) is 11.3 Å². The molecule has 1 aliphatic rings. The fourth-order valence-electron chi connectivity index (χ4n) is 3.36. The second-order valence-corrected chi connectivity index (χ2v) is 7.93. The SMILES string of the molecule is CC(=O)NC(CC(=O)Nc1cccc(C(=O)N2CCCCC2)c1)c1cccs1. The van der Waals surface area contributed by atoms with Gasteiger partial charge in [0.15, 0.2) is 0 Å². The molecule has 2 N–H and O–H groups in total. The highest BCUT2D eigenvalue weighted by atomic mass is 32.1. The molecule has 6 nitrogen and oxygen atoms in total. The van der Waals surface area contributed by atoms with E-state index >= 15 is 0 Å². The number of nitrogens with zero attached hydrogens (tertiary/aromatic N) is 1. The van der Waals surface area contributed by atoms with Crippen LogP contribution in [0.4, 0.5) is 5.69 Å². The highest BCUT2D eigenvalue weighted by Gasteiger charge is 2.20. The molecule has 0 saturated carbocycles. The summed E-state index contributed by atoms with van der Waals surface area (Å²) in [6.45, 7) is 3.01. The van der Waals surface area contributed by atoms with Crippen LogP contribution in [0.5, 0.6) is 0 Å². The number of carbonyl (C=O) groups excluding carboxylic acids is 3. The lowest BCUT2D eigenvalue weighted by Gasteiger charge is -2.26. The molecular weight excluding hydrogens is 374 g/mol. The summed E-state index contributed by atoms with van der Waals surface area (Å²) in [5.74, 6) is -0.388. The van der Waals surface area contributed by atoms with E-state index in [9.17, 15) is 14.4 Å². The van der Waals surface area contributed by atoms with E-state index in [1.54, 1.807) is 24.3 Å². The van der Waals surface area contributed by atoms with Gasteiger partial charge in [0.25, 0.3) is 5.91 Å². The molecule has 3 amide bonds. The van der Waals surface area contributed by atoms with Crippen LogP contribution in [0.2, 0.25) is 0 Å². The van der Waals surface area contributed by atoms with E-state index in [-0.39, 0.29) is 30.2 Å². The maximum absolute atomic E-state index is 12.7.